The summed E-state index contributed by atoms with van der Waals surface area (Å²) in [6, 6.07) is 7.17. The molecule has 0 amide bonds. The molecule has 0 spiro atoms. The maximum atomic E-state index is 8.97. The van der Waals surface area contributed by atoms with Crippen LogP contribution in [0.2, 0.25) is 0 Å². The van der Waals surface area contributed by atoms with Gasteiger partial charge in [-0.1, -0.05) is 24.3 Å². The first-order valence-corrected chi connectivity index (χ1v) is 5.10. The standard InChI is InChI=1S/C14H8N4/c1-10(12(6-15)7-16)14(13(8-17)9-18)11-4-2-3-5-11/h2-5,11H,1H3. The Hall–Kier alpha value is -3.08. The average Bonchev–Trinajstić information content (AvgIpc) is 2.90. The van der Waals surface area contributed by atoms with Crippen molar-refractivity contribution in [2.75, 3.05) is 0 Å². The third-order valence-electron chi connectivity index (χ3n) is 2.58. The van der Waals surface area contributed by atoms with E-state index in [0.29, 0.717) is 11.1 Å². The SMILES string of the molecule is CC(=C(C#N)C#N)C(=C(C#N)C#N)C1C=CC=C1. The lowest BCUT2D eigenvalue weighted by Crippen LogP contribution is -2.03. The van der Waals surface area contributed by atoms with Gasteiger partial charge in [0.25, 0.3) is 0 Å². The molecule has 0 aromatic carbocycles. The Morgan fingerprint density at radius 2 is 1.28 bits per heavy atom. The maximum absolute atomic E-state index is 8.97. The molecule has 0 bridgehead atoms. The van der Waals surface area contributed by atoms with Crippen molar-refractivity contribution >= 4 is 0 Å². The summed E-state index contributed by atoms with van der Waals surface area (Å²) in [5.74, 6) is -0.240. The summed E-state index contributed by atoms with van der Waals surface area (Å²) >= 11 is 0. The number of hydrogen-bond acceptors (Lipinski definition) is 4. The Balaban J connectivity index is 3.54. The van der Waals surface area contributed by atoms with Gasteiger partial charge in [0, 0.05) is 5.92 Å². The van der Waals surface area contributed by atoms with Gasteiger partial charge in [0.15, 0.2) is 0 Å². The lowest BCUT2D eigenvalue weighted by Gasteiger charge is -2.12. The van der Waals surface area contributed by atoms with Gasteiger partial charge in [-0.25, -0.2) is 0 Å². The van der Waals surface area contributed by atoms with Crippen LogP contribution in [0.3, 0.4) is 0 Å². The van der Waals surface area contributed by atoms with Gasteiger partial charge >= 0.3 is 0 Å². The van der Waals surface area contributed by atoms with Crippen molar-refractivity contribution in [2.24, 2.45) is 5.92 Å². The van der Waals surface area contributed by atoms with E-state index in [1.165, 1.54) is 0 Å². The van der Waals surface area contributed by atoms with Crippen LogP contribution in [0.25, 0.3) is 0 Å². The van der Waals surface area contributed by atoms with Crippen LogP contribution in [0.4, 0.5) is 0 Å². The van der Waals surface area contributed by atoms with E-state index in [9.17, 15) is 0 Å². The minimum atomic E-state index is -0.240. The van der Waals surface area contributed by atoms with Gasteiger partial charge in [0.05, 0.1) is 0 Å². The molecule has 4 heteroatoms. The van der Waals surface area contributed by atoms with E-state index in [1.54, 1.807) is 43.4 Å². The molecule has 0 radical (unpaired) electrons. The Bertz CT molecular complexity index is 602. The fraction of sp³-hybridized carbons (Fsp3) is 0.143. The van der Waals surface area contributed by atoms with Crippen molar-refractivity contribution in [3.63, 3.8) is 0 Å². The van der Waals surface area contributed by atoms with Crippen LogP contribution in [0, 0.1) is 51.2 Å². The van der Waals surface area contributed by atoms with E-state index < -0.39 is 0 Å². The van der Waals surface area contributed by atoms with E-state index in [4.69, 9.17) is 21.0 Å². The van der Waals surface area contributed by atoms with E-state index in [0.717, 1.165) is 0 Å². The highest BCUT2D eigenvalue weighted by Crippen LogP contribution is 2.29. The topological polar surface area (TPSA) is 95.2 Å². The molecule has 18 heavy (non-hydrogen) atoms. The molecule has 84 valence electrons. The van der Waals surface area contributed by atoms with Gasteiger partial charge in [0.2, 0.25) is 0 Å². The zero-order chi connectivity index (χ0) is 13.5. The molecule has 0 aromatic rings. The van der Waals surface area contributed by atoms with Gasteiger partial charge in [-0.05, 0) is 18.1 Å². The van der Waals surface area contributed by atoms with Gasteiger partial charge in [-0.2, -0.15) is 21.0 Å². The molecule has 1 aliphatic carbocycles. The first kappa shape index (κ1) is 13.0. The highest BCUT2D eigenvalue weighted by atomic mass is 14.3. The minimum absolute atomic E-state index is 0.0725. The van der Waals surface area contributed by atoms with E-state index in [-0.39, 0.29) is 17.1 Å². The molecular formula is C14H8N4. The number of allylic oxidation sites excluding steroid dienone is 8. The van der Waals surface area contributed by atoms with Crippen molar-refractivity contribution in [1.29, 1.82) is 21.0 Å². The number of rotatable bonds is 2. The molecule has 0 saturated heterocycles. The molecule has 0 aliphatic heterocycles. The summed E-state index contributed by atoms with van der Waals surface area (Å²) in [4.78, 5) is 0. The first-order chi connectivity index (χ1) is 8.69. The number of nitrogens with zero attached hydrogens (tertiary/aromatic N) is 4. The van der Waals surface area contributed by atoms with Crippen LogP contribution in [-0.4, -0.2) is 0 Å². The zero-order valence-electron chi connectivity index (χ0n) is 9.68. The van der Waals surface area contributed by atoms with Crippen molar-refractivity contribution in [1.82, 2.24) is 0 Å². The molecule has 0 N–H and O–H groups in total. The monoisotopic (exact) mass is 232 g/mol. The summed E-state index contributed by atoms with van der Waals surface area (Å²) in [6.07, 6.45) is 7.20. The fourth-order valence-corrected chi connectivity index (χ4v) is 1.70. The summed E-state index contributed by atoms with van der Waals surface area (Å²) in [6.45, 7) is 1.58. The third-order valence-corrected chi connectivity index (χ3v) is 2.58. The molecule has 0 saturated carbocycles. The molecule has 0 fully saturated rings. The highest BCUT2D eigenvalue weighted by molar-refractivity contribution is 5.58. The fourth-order valence-electron chi connectivity index (χ4n) is 1.70. The summed E-state index contributed by atoms with van der Waals surface area (Å²) in [5, 5.41) is 35.7. The summed E-state index contributed by atoms with van der Waals surface area (Å²) in [5.41, 5.74) is 0.640. The third kappa shape index (κ3) is 2.35. The Morgan fingerprint density at radius 3 is 1.67 bits per heavy atom. The second-order valence-corrected chi connectivity index (χ2v) is 3.53. The molecule has 1 aliphatic rings. The van der Waals surface area contributed by atoms with Crippen LogP contribution in [0.5, 0.6) is 0 Å². The van der Waals surface area contributed by atoms with E-state index in [1.807, 2.05) is 12.1 Å². The Labute approximate surface area is 105 Å². The smallest absolute Gasteiger partial charge is 0.134 e. The predicted molar refractivity (Wildman–Crippen MR) is 63.9 cm³/mol. The maximum Gasteiger partial charge on any atom is 0.134 e. The largest absolute Gasteiger partial charge is 0.192 e. The van der Waals surface area contributed by atoms with Crippen molar-refractivity contribution in [3.8, 4) is 24.3 Å². The minimum Gasteiger partial charge on any atom is -0.192 e. The van der Waals surface area contributed by atoms with Crippen molar-refractivity contribution in [3.05, 3.63) is 46.6 Å². The summed E-state index contributed by atoms with van der Waals surface area (Å²) in [7, 11) is 0. The van der Waals surface area contributed by atoms with Gasteiger partial charge in [-0.15, -0.1) is 0 Å². The van der Waals surface area contributed by atoms with Crippen LogP contribution in [0.1, 0.15) is 6.92 Å². The van der Waals surface area contributed by atoms with Gasteiger partial charge in [0.1, 0.15) is 35.4 Å². The molecule has 4 nitrogen and oxygen atoms in total. The molecule has 0 heterocycles. The Morgan fingerprint density at radius 1 is 0.833 bits per heavy atom. The second-order valence-electron chi connectivity index (χ2n) is 3.53. The van der Waals surface area contributed by atoms with Crippen LogP contribution in [-0.2, 0) is 0 Å². The number of hydrogen-bond donors (Lipinski definition) is 0. The lowest BCUT2D eigenvalue weighted by atomic mass is 9.88. The van der Waals surface area contributed by atoms with E-state index in [2.05, 4.69) is 0 Å². The van der Waals surface area contributed by atoms with Gasteiger partial charge in [-0.3, -0.25) is 0 Å². The van der Waals surface area contributed by atoms with Crippen molar-refractivity contribution in [2.45, 2.75) is 6.92 Å². The molecule has 0 unspecified atom stereocenters. The second kappa shape index (κ2) is 5.86. The van der Waals surface area contributed by atoms with Crippen LogP contribution < -0.4 is 0 Å². The normalized spacial score (nSPS) is 11.8. The highest BCUT2D eigenvalue weighted by Gasteiger charge is 2.20. The quantitative estimate of drug-likeness (QED) is 0.539. The molecular weight excluding hydrogens is 224 g/mol. The zero-order valence-corrected chi connectivity index (χ0v) is 9.68. The average molecular weight is 232 g/mol. The van der Waals surface area contributed by atoms with E-state index >= 15 is 0 Å². The Kier molecular flexibility index (Phi) is 4.22. The first-order valence-electron chi connectivity index (χ1n) is 5.10. The van der Waals surface area contributed by atoms with Crippen molar-refractivity contribution < 1.29 is 0 Å². The van der Waals surface area contributed by atoms with Crippen LogP contribution >= 0.6 is 0 Å². The lowest BCUT2D eigenvalue weighted by molar-refractivity contribution is 0.979. The molecule has 0 atom stereocenters. The number of nitriles is 4. The summed E-state index contributed by atoms with van der Waals surface area (Å²) < 4.78 is 0. The molecule has 1 rings (SSSR count). The van der Waals surface area contributed by atoms with Gasteiger partial charge < -0.3 is 0 Å². The van der Waals surface area contributed by atoms with Crippen LogP contribution in [0.15, 0.2) is 46.6 Å². The molecule has 0 aromatic heterocycles. The predicted octanol–water partition coefficient (Wildman–Crippen LogP) is 2.44.